The van der Waals surface area contributed by atoms with E-state index in [0.717, 1.165) is 41.7 Å². The maximum absolute atomic E-state index is 11.5. The van der Waals surface area contributed by atoms with Crippen LogP contribution in [0, 0.1) is 18.8 Å². The molecule has 3 heterocycles. The molecule has 5 rings (SSSR count). The minimum absolute atomic E-state index is 0.140. The second-order valence-electron chi connectivity index (χ2n) is 9.00. The Bertz CT molecular complexity index is 1180. The monoisotopic (exact) mass is 448 g/mol. The molecule has 2 fully saturated rings. The summed E-state index contributed by atoms with van der Waals surface area (Å²) in [5, 5.41) is 23.6. The molecule has 33 heavy (non-hydrogen) atoms. The first-order valence-corrected chi connectivity index (χ1v) is 11.4. The number of carbonyl (C=O) groups is 1. The number of rotatable bonds is 5. The molecule has 2 aromatic carbocycles. The molecular weight excluding hydrogens is 420 g/mol. The highest BCUT2D eigenvalue weighted by molar-refractivity contribution is 5.92. The largest absolute Gasteiger partial charge is 0.507 e. The Morgan fingerprint density at radius 1 is 1.18 bits per heavy atom. The van der Waals surface area contributed by atoms with Crippen LogP contribution >= 0.6 is 0 Å². The Morgan fingerprint density at radius 2 is 2.03 bits per heavy atom. The zero-order valence-corrected chi connectivity index (χ0v) is 18.6. The number of nitrogens with zero attached hydrogens (tertiary/aromatic N) is 3. The molecule has 1 amide bonds. The van der Waals surface area contributed by atoms with E-state index >= 15 is 0 Å². The number of hydrogen-bond acceptors (Lipinski definition) is 6. The van der Waals surface area contributed by atoms with Gasteiger partial charge in [0.2, 0.25) is 0 Å². The van der Waals surface area contributed by atoms with Gasteiger partial charge in [-0.05, 0) is 55.5 Å². The lowest BCUT2D eigenvalue weighted by Crippen LogP contribution is -2.46. The van der Waals surface area contributed by atoms with E-state index in [1.165, 1.54) is 0 Å². The molecule has 3 N–H and O–H groups in total. The number of aryl methyl sites for hydroxylation is 1. The highest BCUT2D eigenvalue weighted by Crippen LogP contribution is 2.36. The van der Waals surface area contributed by atoms with Crippen LogP contribution in [0.2, 0.25) is 0 Å². The predicted molar refractivity (Wildman–Crippen MR) is 126 cm³/mol. The number of fused-ring (bicyclic) bond motifs is 1. The Morgan fingerprint density at radius 3 is 2.79 bits per heavy atom. The summed E-state index contributed by atoms with van der Waals surface area (Å²) in [5.74, 6) is 1.79. The SMILES string of the molecule is Cc1ccc2c(N3CCC([C@H](NC(=O)O)[C@@H]4CCOC4)C3)nc(-c3ccccc3O)nc2c1. The molecule has 8 heteroatoms. The Kier molecular flexibility index (Phi) is 5.76. The molecule has 8 nitrogen and oxygen atoms in total. The van der Waals surface area contributed by atoms with Crippen LogP contribution < -0.4 is 10.2 Å². The van der Waals surface area contributed by atoms with Gasteiger partial charge in [-0.2, -0.15) is 0 Å². The molecule has 0 bridgehead atoms. The Labute approximate surface area is 192 Å². The van der Waals surface area contributed by atoms with Crippen molar-refractivity contribution in [2.45, 2.75) is 25.8 Å². The number of ether oxygens (including phenoxy) is 1. The van der Waals surface area contributed by atoms with E-state index in [0.29, 0.717) is 31.1 Å². The van der Waals surface area contributed by atoms with Crippen molar-refractivity contribution in [1.29, 1.82) is 0 Å². The van der Waals surface area contributed by atoms with Gasteiger partial charge in [0.1, 0.15) is 11.6 Å². The summed E-state index contributed by atoms with van der Waals surface area (Å²) in [6.45, 7) is 4.77. The first-order valence-electron chi connectivity index (χ1n) is 11.4. The van der Waals surface area contributed by atoms with Crippen LogP contribution in [0.1, 0.15) is 18.4 Å². The molecule has 1 unspecified atom stereocenters. The molecule has 0 saturated carbocycles. The second kappa shape index (κ2) is 8.86. The van der Waals surface area contributed by atoms with Crippen LogP contribution in [0.15, 0.2) is 42.5 Å². The number of hydrogen-bond donors (Lipinski definition) is 3. The summed E-state index contributed by atoms with van der Waals surface area (Å²) in [6, 6.07) is 13.1. The van der Waals surface area contributed by atoms with Crippen LogP contribution in [-0.4, -0.2) is 58.6 Å². The smallest absolute Gasteiger partial charge is 0.404 e. The maximum Gasteiger partial charge on any atom is 0.404 e. The fourth-order valence-electron chi connectivity index (χ4n) is 5.12. The van der Waals surface area contributed by atoms with E-state index < -0.39 is 6.09 Å². The van der Waals surface area contributed by atoms with Gasteiger partial charge in [-0.25, -0.2) is 14.8 Å². The van der Waals surface area contributed by atoms with Crippen molar-refractivity contribution < 1.29 is 19.7 Å². The molecule has 2 aliphatic rings. The van der Waals surface area contributed by atoms with E-state index in [-0.39, 0.29) is 23.6 Å². The maximum atomic E-state index is 11.5. The van der Waals surface area contributed by atoms with Crippen molar-refractivity contribution in [3.63, 3.8) is 0 Å². The van der Waals surface area contributed by atoms with E-state index in [2.05, 4.69) is 10.2 Å². The highest BCUT2D eigenvalue weighted by atomic mass is 16.5. The van der Waals surface area contributed by atoms with Gasteiger partial charge in [-0.1, -0.05) is 18.2 Å². The minimum atomic E-state index is -0.991. The molecule has 3 atom stereocenters. The molecule has 0 radical (unpaired) electrons. The van der Waals surface area contributed by atoms with Crippen LogP contribution in [0.4, 0.5) is 10.6 Å². The van der Waals surface area contributed by atoms with Gasteiger partial charge >= 0.3 is 6.09 Å². The molecule has 1 aromatic heterocycles. The van der Waals surface area contributed by atoms with Gasteiger partial charge in [0.15, 0.2) is 5.82 Å². The minimum Gasteiger partial charge on any atom is -0.507 e. The first-order chi connectivity index (χ1) is 16.0. The van der Waals surface area contributed by atoms with Crippen molar-refractivity contribution in [2.75, 3.05) is 31.2 Å². The Hall–Kier alpha value is -3.39. The van der Waals surface area contributed by atoms with E-state index in [1.807, 2.05) is 37.3 Å². The molecule has 2 aliphatic heterocycles. The quantitative estimate of drug-likeness (QED) is 0.545. The molecule has 172 valence electrons. The Balaban J connectivity index is 1.51. The van der Waals surface area contributed by atoms with Gasteiger partial charge in [-0.3, -0.25) is 0 Å². The van der Waals surface area contributed by atoms with Crippen molar-refractivity contribution in [3.05, 3.63) is 48.0 Å². The molecule has 2 saturated heterocycles. The number of carboxylic acid groups (broad SMARTS) is 1. The van der Waals surface area contributed by atoms with Gasteiger partial charge < -0.3 is 25.2 Å². The number of phenols is 1. The highest BCUT2D eigenvalue weighted by Gasteiger charge is 2.38. The van der Waals surface area contributed by atoms with Gasteiger partial charge in [0, 0.05) is 37.0 Å². The molecule has 0 spiro atoms. The number of phenolic OH excluding ortho intramolecular Hbond substituents is 1. The first kappa shape index (κ1) is 21.5. The summed E-state index contributed by atoms with van der Waals surface area (Å²) in [7, 11) is 0. The number of anilines is 1. The lowest BCUT2D eigenvalue weighted by atomic mass is 9.87. The zero-order valence-electron chi connectivity index (χ0n) is 18.6. The van der Waals surface area contributed by atoms with Crippen molar-refractivity contribution in [2.24, 2.45) is 11.8 Å². The number of benzene rings is 2. The summed E-state index contributed by atoms with van der Waals surface area (Å²) in [4.78, 5) is 23.4. The summed E-state index contributed by atoms with van der Waals surface area (Å²) < 4.78 is 5.54. The third-order valence-electron chi connectivity index (χ3n) is 6.77. The standard InChI is InChI=1S/C25H28N4O4/c1-15-6-7-18-20(12-15)26-23(19-4-2-3-5-21(19)30)28-24(18)29-10-8-16(13-29)22(27-25(31)32)17-9-11-33-14-17/h2-7,12,16-17,22,27,30H,8-11,13-14H2,1H3,(H,31,32)/t16?,17-,22+/m1/s1. The van der Waals surface area contributed by atoms with Gasteiger partial charge in [0.05, 0.1) is 17.7 Å². The number of para-hydroxylation sites is 1. The van der Waals surface area contributed by atoms with Crippen molar-refractivity contribution in [1.82, 2.24) is 15.3 Å². The number of aromatic nitrogens is 2. The van der Waals surface area contributed by atoms with Crippen molar-refractivity contribution >= 4 is 22.8 Å². The lowest BCUT2D eigenvalue weighted by molar-refractivity contribution is 0.154. The van der Waals surface area contributed by atoms with E-state index in [4.69, 9.17) is 14.7 Å². The predicted octanol–water partition coefficient (Wildman–Crippen LogP) is 3.81. The third-order valence-corrected chi connectivity index (χ3v) is 6.77. The average molecular weight is 449 g/mol. The topological polar surface area (TPSA) is 108 Å². The van der Waals surface area contributed by atoms with E-state index in [1.54, 1.807) is 12.1 Å². The van der Waals surface area contributed by atoms with Gasteiger partial charge in [-0.15, -0.1) is 0 Å². The van der Waals surface area contributed by atoms with Crippen LogP contribution in [0.5, 0.6) is 5.75 Å². The molecule has 3 aromatic rings. The fraction of sp³-hybridized carbons (Fsp3) is 0.400. The average Bonchev–Trinajstić information content (AvgIpc) is 3.49. The summed E-state index contributed by atoms with van der Waals surface area (Å²) in [5.41, 5.74) is 2.51. The van der Waals surface area contributed by atoms with Crippen LogP contribution in [-0.2, 0) is 4.74 Å². The van der Waals surface area contributed by atoms with Gasteiger partial charge in [0.25, 0.3) is 0 Å². The number of nitrogens with one attached hydrogen (secondary N) is 1. The summed E-state index contributed by atoms with van der Waals surface area (Å²) >= 11 is 0. The summed E-state index contributed by atoms with van der Waals surface area (Å²) in [6.07, 6.45) is 0.745. The number of aromatic hydroxyl groups is 1. The van der Waals surface area contributed by atoms with Crippen molar-refractivity contribution in [3.8, 4) is 17.1 Å². The van der Waals surface area contributed by atoms with E-state index in [9.17, 15) is 15.0 Å². The lowest BCUT2D eigenvalue weighted by Gasteiger charge is -2.28. The second-order valence-corrected chi connectivity index (χ2v) is 9.00. The molecular formula is C25H28N4O4. The zero-order chi connectivity index (χ0) is 22.9. The normalized spacial score (nSPS) is 21.4. The third kappa shape index (κ3) is 4.30. The van der Waals surface area contributed by atoms with Crippen LogP contribution in [0.25, 0.3) is 22.3 Å². The molecule has 0 aliphatic carbocycles. The number of amides is 1. The van der Waals surface area contributed by atoms with Crippen LogP contribution in [0.3, 0.4) is 0 Å². The fourth-order valence-corrected chi connectivity index (χ4v) is 5.12.